The van der Waals surface area contributed by atoms with E-state index in [0.29, 0.717) is 19.7 Å². The number of rotatable bonds is 8. The van der Waals surface area contributed by atoms with E-state index >= 15 is 0 Å². The Morgan fingerprint density at radius 3 is 2.40 bits per heavy atom. The third-order valence-corrected chi connectivity index (χ3v) is 2.97. The smallest absolute Gasteiger partial charge is 0.314 e. The summed E-state index contributed by atoms with van der Waals surface area (Å²) in [6.45, 7) is 1.74. The Hall–Kier alpha value is -1.75. The summed E-state index contributed by atoms with van der Waals surface area (Å²) in [5, 5.41) is 5.55. The number of carbonyl (C=O) groups excluding carboxylic acids is 1. The highest BCUT2D eigenvalue weighted by Gasteiger charge is 1.99. The quantitative estimate of drug-likeness (QED) is 0.711. The fourth-order valence-corrected chi connectivity index (χ4v) is 1.78. The summed E-state index contributed by atoms with van der Waals surface area (Å²) >= 11 is 0. The van der Waals surface area contributed by atoms with Gasteiger partial charge >= 0.3 is 6.03 Å². The monoisotopic (exact) mass is 279 g/mol. The Balaban J connectivity index is 2.16. The second-order valence-electron chi connectivity index (χ2n) is 4.84. The van der Waals surface area contributed by atoms with Crippen LogP contribution in [0, 0.1) is 0 Å². The van der Waals surface area contributed by atoms with Crippen molar-refractivity contribution >= 4 is 11.7 Å². The molecule has 2 N–H and O–H groups in total. The first-order valence-corrected chi connectivity index (χ1v) is 6.90. The van der Waals surface area contributed by atoms with E-state index in [1.807, 2.05) is 14.1 Å². The van der Waals surface area contributed by atoms with Crippen LogP contribution >= 0.6 is 0 Å². The molecule has 5 heteroatoms. The average molecular weight is 279 g/mol. The average Bonchev–Trinajstić information content (AvgIpc) is 2.44. The van der Waals surface area contributed by atoms with Crippen molar-refractivity contribution in [3.8, 4) is 0 Å². The van der Waals surface area contributed by atoms with Crippen molar-refractivity contribution in [2.75, 3.05) is 45.8 Å². The predicted octanol–water partition coefficient (Wildman–Crippen LogP) is 1.63. The number of amides is 2. The van der Waals surface area contributed by atoms with E-state index in [1.54, 1.807) is 7.11 Å². The van der Waals surface area contributed by atoms with Crippen molar-refractivity contribution in [1.82, 2.24) is 10.6 Å². The van der Waals surface area contributed by atoms with Gasteiger partial charge in [-0.2, -0.15) is 0 Å². The van der Waals surface area contributed by atoms with Crippen LogP contribution in [0.5, 0.6) is 0 Å². The van der Waals surface area contributed by atoms with Crippen molar-refractivity contribution in [2.24, 2.45) is 0 Å². The Bertz CT molecular complexity index is 391. The van der Waals surface area contributed by atoms with Crippen molar-refractivity contribution in [3.63, 3.8) is 0 Å². The number of benzene rings is 1. The lowest BCUT2D eigenvalue weighted by Gasteiger charge is -2.12. The van der Waals surface area contributed by atoms with Crippen LogP contribution in [-0.2, 0) is 11.2 Å². The van der Waals surface area contributed by atoms with Gasteiger partial charge in [0, 0.05) is 40.0 Å². The van der Waals surface area contributed by atoms with Crippen LogP contribution in [0.15, 0.2) is 24.3 Å². The third kappa shape index (κ3) is 6.43. The fourth-order valence-electron chi connectivity index (χ4n) is 1.78. The number of methoxy groups -OCH3 is 1. The van der Waals surface area contributed by atoms with Gasteiger partial charge in [-0.25, -0.2) is 4.79 Å². The molecule has 0 radical (unpaired) electrons. The molecule has 1 aromatic rings. The van der Waals surface area contributed by atoms with Gasteiger partial charge in [0.25, 0.3) is 0 Å². The van der Waals surface area contributed by atoms with Gasteiger partial charge < -0.3 is 20.3 Å². The molecule has 1 rings (SSSR count). The molecule has 0 heterocycles. The first-order chi connectivity index (χ1) is 9.63. The molecule has 112 valence electrons. The minimum absolute atomic E-state index is 0.134. The van der Waals surface area contributed by atoms with Crippen molar-refractivity contribution in [3.05, 3.63) is 29.8 Å². The van der Waals surface area contributed by atoms with Gasteiger partial charge in [-0.15, -0.1) is 0 Å². The van der Waals surface area contributed by atoms with Crippen molar-refractivity contribution in [1.29, 1.82) is 0 Å². The summed E-state index contributed by atoms with van der Waals surface area (Å²) < 4.78 is 4.86. The van der Waals surface area contributed by atoms with Crippen molar-refractivity contribution in [2.45, 2.75) is 12.8 Å². The molecule has 5 nitrogen and oxygen atoms in total. The largest absolute Gasteiger partial charge is 0.383 e. The molecule has 0 fully saturated rings. The summed E-state index contributed by atoms with van der Waals surface area (Å²) in [6.07, 6.45) is 1.89. The molecule has 0 spiro atoms. The zero-order valence-electron chi connectivity index (χ0n) is 12.6. The Morgan fingerprint density at radius 1 is 1.15 bits per heavy atom. The molecule has 0 atom stereocenters. The van der Waals surface area contributed by atoms with Gasteiger partial charge in [0.05, 0.1) is 6.61 Å². The summed E-state index contributed by atoms with van der Waals surface area (Å²) in [5.74, 6) is 0. The zero-order chi connectivity index (χ0) is 14.8. The number of ether oxygens (including phenoxy) is 1. The lowest BCUT2D eigenvalue weighted by atomic mass is 10.1. The highest BCUT2D eigenvalue weighted by molar-refractivity contribution is 5.73. The Kier molecular flexibility index (Phi) is 7.50. The van der Waals surface area contributed by atoms with Crippen LogP contribution in [0.25, 0.3) is 0 Å². The van der Waals surface area contributed by atoms with Crippen LogP contribution in [0.3, 0.4) is 0 Å². The number of anilines is 1. The SMILES string of the molecule is COCCNC(=O)NCCCc1ccc(N(C)C)cc1. The predicted molar refractivity (Wildman–Crippen MR) is 82.4 cm³/mol. The zero-order valence-corrected chi connectivity index (χ0v) is 12.6. The maximum Gasteiger partial charge on any atom is 0.314 e. The van der Waals surface area contributed by atoms with E-state index in [-0.39, 0.29) is 6.03 Å². The number of nitrogens with one attached hydrogen (secondary N) is 2. The summed E-state index contributed by atoms with van der Waals surface area (Å²) in [6, 6.07) is 8.35. The maximum absolute atomic E-state index is 11.4. The molecular formula is C15H25N3O2. The number of hydrogen-bond donors (Lipinski definition) is 2. The first-order valence-electron chi connectivity index (χ1n) is 6.90. The maximum atomic E-state index is 11.4. The highest BCUT2D eigenvalue weighted by atomic mass is 16.5. The van der Waals surface area contributed by atoms with Gasteiger partial charge in [-0.1, -0.05) is 12.1 Å². The number of carbonyl (C=O) groups is 1. The Labute approximate surface area is 121 Å². The lowest BCUT2D eigenvalue weighted by molar-refractivity contribution is 0.196. The summed E-state index contributed by atoms with van der Waals surface area (Å²) in [7, 11) is 5.67. The second kappa shape index (κ2) is 9.20. The normalized spacial score (nSPS) is 10.2. The van der Waals surface area contributed by atoms with Gasteiger partial charge in [0.2, 0.25) is 0 Å². The molecule has 0 aliphatic heterocycles. The molecule has 0 saturated heterocycles. The molecule has 0 aromatic heterocycles. The van der Waals surface area contributed by atoms with E-state index in [9.17, 15) is 4.79 Å². The molecule has 1 aromatic carbocycles. The van der Waals surface area contributed by atoms with Crippen LogP contribution in [0.4, 0.5) is 10.5 Å². The molecule has 2 amide bonds. The number of aryl methyl sites for hydroxylation is 1. The van der Waals surface area contributed by atoms with Crippen LogP contribution in [0.1, 0.15) is 12.0 Å². The van der Waals surface area contributed by atoms with E-state index in [0.717, 1.165) is 12.8 Å². The standard InChI is InChI=1S/C15H25N3O2/c1-18(2)14-8-6-13(7-9-14)5-4-10-16-15(19)17-11-12-20-3/h6-9H,4-5,10-12H2,1-3H3,(H2,16,17,19). The first kappa shape index (κ1) is 16.3. The number of nitrogens with zero attached hydrogens (tertiary/aromatic N) is 1. The Morgan fingerprint density at radius 2 is 1.80 bits per heavy atom. The van der Waals surface area contributed by atoms with E-state index in [4.69, 9.17) is 4.74 Å². The third-order valence-electron chi connectivity index (χ3n) is 2.97. The molecule has 0 aliphatic rings. The molecule has 20 heavy (non-hydrogen) atoms. The van der Waals surface area contributed by atoms with Crippen LogP contribution in [0.2, 0.25) is 0 Å². The van der Waals surface area contributed by atoms with Gasteiger partial charge in [-0.3, -0.25) is 0 Å². The van der Waals surface area contributed by atoms with E-state index in [2.05, 4.69) is 39.8 Å². The van der Waals surface area contributed by atoms with E-state index < -0.39 is 0 Å². The van der Waals surface area contributed by atoms with Gasteiger partial charge in [-0.05, 0) is 30.5 Å². The topological polar surface area (TPSA) is 53.6 Å². The molecule has 0 saturated carbocycles. The van der Waals surface area contributed by atoms with Gasteiger partial charge in [0.15, 0.2) is 0 Å². The molecule has 0 bridgehead atoms. The summed E-state index contributed by atoms with van der Waals surface area (Å²) in [5.41, 5.74) is 2.49. The number of hydrogen-bond acceptors (Lipinski definition) is 3. The fraction of sp³-hybridized carbons (Fsp3) is 0.533. The molecule has 0 unspecified atom stereocenters. The summed E-state index contributed by atoms with van der Waals surface area (Å²) in [4.78, 5) is 13.4. The minimum atomic E-state index is -0.134. The molecule has 0 aliphatic carbocycles. The lowest BCUT2D eigenvalue weighted by Crippen LogP contribution is -2.37. The highest BCUT2D eigenvalue weighted by Crippen LogP contribution is 2.13. The molecular weight excluding hydrogens is 254 g/mol. The van der Waals surface area contributed by atoms with Crippen LogP contribution < -0.4 is 15.5 Å². The van der Waals surface area contributed by atoms with Crippen LogP contribution in [-0.4, -0.2) is 46.9 Å². The minimum Gasteiger partial charge on any atom is -0.383 e. The second-order valence-corrected chi connectivity index (χ2v) is 4.84. The van der Waals surface area contributed by atoms with E-state index in [1.165, 1.54) is 11.3 Å². The number of urea groups is 1. The van der Waals surface area contributed by atoms with Crippen molar-refractivity contribution < 1.29 is 9.53 Å². The van der Waals surface area contributed by atoms with Gasteiger partial charge in [0.1, 0.15) is 0 Å².